The highest BCUT2D eigenvalue weighted by Crippen LogP contribution is 2.27. The van der Waals surface area contributed by atoms with E-state index in [9.17, 15) is 14.0 Å². The second kappa shape index (κ2) is 5.69. The minimum absolute atomic E-state index is 0.0453. The molecule has 0 radical (unpaired) electrons. The number of halogens is 1. The molecule has 1 amide bonds. The van der Waals surface area contributed by atoms with Crippen LogP contribution in [0.3, 0.4) is 0 Å². The van der Waals surface area contributed by atoms with Gasteiger partial charge in [0.2, 0.25) is 5.91 Å². The van der Waals surface area contributed by atoms with E-state index in [1.807, 2.05) is 0 Å². The molecule has 6 heteroatoms. The zero-order valence-corrected chi connectivity index (χ0v) is 10.4. The Morgan fingerprint density at radius 1 is 1.47 bits per heavy atom. The van der Waals surface area contributed by atoms with Gasteiger partial charge in [0, 0.05) is 12.1 Å². The van der Waals surface area contributed by atoms with Crippen molar-refractivity contribution in [1.29, 1.82) is 0 Å². The molecule has 0 saturated carbocycles. The van der Waals surface area contributed by atoms with Crippen LogP contribution in [0.5, 0.6) is 5.75 Å². The Morgan fingerprint density at radius 2 is 2.26 bits per heavy atom. The molecule has 0 spiro atoms. The van der Waals surface area contributed by atoms with Crippen molar-refractivity contribution in [2.45, 2.75) is 26.1 Å². The number of carbonyl (C=O) groups excluding carboxylic acids is 2. The van der Waals surface area contributed by atoms with Crippen LogP contribution in [0.25, 0.3) is 0 Å². The lowest BCUT2D eigenvalue weighted by Crippen LogP contribution is -2.25. The molecule has 19 heavy (non-hydrogen) atoms. The van der Waals surface area contributed by atoms with Gasteiger partial charge in [-0.05, 0) is 37.1 Å². The highest BCUT2D eigenvalue weighted by Gasteiger charge is 2.21. The molecule has 1 N–H and O–H groups in total. The third-order valence-electron chi connectivity index (χ3n) is 2.68. The lowest BCUT2D eigenvalue weighted by molar-refractivity contribution is -0.159. The van der Waals surface area contributed by atoms with Crippen LogP contribution in [0, 0.1) is 0 Å². The van der Waals surface area contributed by atoms with Crippen LogP contribution in [0.1, 0.15) is 18.9 Å². The molecule has 1 unspecified atom stereocenters. The summed E-state index contributed by atoms with van der Waals surface area (Å²) in [6, 6.07) is 4.73. The van der Waals surface area contributed by atoms with Gasteiger partial charge in [-0.25, -0.2) is 4.79 Å². The number of rotatable bonds is 4. The first-order chi connectivity index (χ1) is 9.10. The van der Waals surface area contributed by atoms with Crippen LogP contribution in [0.4, 0.5) is 10.1 Å². The van der Waals surface area contributed by atoms with Crippen molar-refractivity contribution in [2.75, 3.05) is 11.9 Å². The molecule has 1 aromatic rings. The summed E-state index contributed by atoms with van der Waals surface area (Å²) < 4.78 is 22.8. The van der Waals surface area contributed by atoms with Crippen molar-refractivity contribution in [1.82, 2.24) is 0 Å². The van der Waals surface area contributed by atoms with Gasteiger partial charge in [0.05, 0.1) is 6.61 Å². The van der Waals surface area contributed by atoms with Gasteiger partial charge >= 0.3 is 12.3 Å². The largest absolute Gasteiger partial charge is 0.461 e. The van der Waals surface area contributed by atoms with Crippen molar-refractivity contribution >= 4 is 17.6 Å². The molecule has 0 aromatic heterocycles. The quantitative estimate of drug-likeness (QED) is 0.845. The van der Waals surface area contributed by atoms with Crippen molar-refractivity contribution in [2.24, 2.45) is 0 Å². The molecule has 1 aromatic carbocycles. The summed E-state index contributed by atoms with van der Waals surface area (Å²) >= 11 is 0. The fourth-order valence-electron chi connectivity index (χ4n) is 1.81. The predicted molar refractivity (Wildman–Crippen MR) is 65.5 cm³/mol. The second-order valence-corrected chi connectivity index (χ2v) is 4.05. The lowest BCUT2D eigenvalue weighted by Gasteiger charge is -2.18. The highest BCUT2D eigenvalue weighted by molar-refractivity contribution is 5.94. The van der Waals surface area contributed by atoms with Gasteiger partial charge in [0.25, 0.3) is 0 Å². The van der Waals surface area contributed by atoms with E-state index in [2.05, 4.69) is 10.1 Å². The number of esters is 1. The van der Waals surface area contributed by atoms with E-state index >= 15 is 0 Å². The van der Waals surface area contributed by atoms with Crippen LogP contribution < -0.4 is 10.1 Å². The lowest BCUT2D eigenvalue weighted by atomic mass is 10.0. The van der Waals surface area contributed by atoms with Gasteiger partial charge in [-0.15, -0.1) is 0 Å². The molecular formula is C13H14FNO4. The number of alkyl halides is 1. The van der Waals surface area contributed by atoms with E-state index < -0.39 is 12.3 Å². The minimum Gasteiger partial charge on any atom is -0.461 e. The number of benzene rings is 1. The Kier molecular flexibility index (Phi) is 3.99. The minimum atomic E-state index is -2.14. The monoisotopic (exact) mass is 267 g/mol. The van der Waals surface area contributed by atoms with E-state index in [1.165, 1.54) is 6.07 Å². The first-order valence-corrected chi connectivity index (χ1v) is 6.00. The number of ether oxygens (including phenoxy) is 2. The van der Waals surface area contributed by atoms with E-state index in [1.54, 1.807) is 19.1 Å². The summed E-state index contributed by atoms with van der Waals surface area (Å²) in [6.45, 7) is 1.69. The summed E-state index contributed by atoms with van der Waals surface area (Å²) in [5, 5.41) is 2.70. The van der Waals surface area contributed by atoms with Gasteiger partial charge in [-0.2, -0.15) is 4.39 Å². The van der Waals surface area contributed by atoms with Gasteiger partial charge in [0.1, 0.15) is 5.75 Å². The third kappa shape index (κ3) is 3.21. The summed E-state index contributed by atoms with van der Waals surface area (Å²) in [7, 11) is 0. The second-order valence-electron chi connectivity index (χ2n) is 4.05. The fourth-order valence-corrected chi connectivity index (χ4v) is 1.81. The zero-order chi connectivity index (χ0) is 13.8. The van der Waals surface area contributed by atoms with E-state index in [0.29, 0.717) is 18.5 Å². The molecular weight excluding hydrogens is 253 g/mol. The Hall–Kier alpha value is -2.11. The normalized spacial score (nSPS) is 15.2. The average molecular weight is 267 g/mol. The molecule has 0 fully saturated rings. The van der Waals surface area contributed by atoms with Gasteiger partial charge in [0.15, 0.2) is 0 Å². The smallest absolute Gasteiger partial charge is 0.381 e. The van der Waals surface area contributed by atoms with Crippen LogP contribution in [-0.4, -0.2) is 24.8 Å². The SMILES string of the molecule is CCOC(=O)C(F)Oc1ccc2c(c1)CCC(=O)N2. The van der Waals surface area contributed by atoms with Crippen molar-refractivity contribution in [3.63, 3.8) is 0 Å². The third-order valence-corrected chi connectivity index (χ3v) is 2.68. The Bertz CT molecular complexity index is 503. The highest BCUT2D eigenvalue weighted by atomic mass is 19.1. The van der Waals surface area contributed by atoms with Gasteiger partial charge < -0.3 is 14.8 Å². The number of amides is 1. The first-order valence-electron chi connectivity index (χ1n) is 6.00. The molecule has 1 heterocycles. The fraction of sp³-hybridized carbons (Fsp3) is 0.385. The maximum absolute atomic E-state index is 13.4. The summed E-state index contributed by atoms with van der Waals surface area (Å²) in [4.78, 5) is 22.3. The maximum atomic E-state index is 13.4. The predicted octanol–water partition coefficient (Wildman–Crippen LogP) is 1.81. The number of carbonyl (C=O) groups is 2. The van der Waals surface area contributed by atoms with Gasteiger partial charge in [-0.3, -0.25) is 4.79 Å². The Morgan fingerprint density at radius 3 is 3.00 bits per heavy atom. The topological polar surface area (TPSA) is 64.6 Å². The maximum Gasteiger partial charge on any atom is 0.381 e. The number of anilines is 1. The molecule has 1 atom stereocenters. The molecule has 1 aliphatic rings. The number of hydrogen-bond donors (Lipinski definition) is 1. The Labute approximate surface area is 109 Å². The molecule has 5 nitrogen and oxygen atoms in total. The van der Waals surface area contributed by atoms with Crippen molar-refractivity contribution < 1.29 is 23.5 Å². The molecule has 1 aliphatic heterocycles. The molecule has 0 bridgehead atoms. The van der Waals surface area contributed by atoms with Crippen molar-refractivity contribution in [3.8, 4) is 5.75 Å². The average Bonchev–Trinajstić information content (AvgIpc) is 2.39. The number of nitrogens with one attached hydrogen (secondary N) is 1. The van der Waals surface area contributed by atoms with E-state index in [-0.39, 0.29) is 18.3 Å². The van der Waals surface area contributed by atoms with E-state index in [4.69, 9.17) is 4.74 Å². The molecule has 102 valence electrons. The van der Waals surface area contributed by atoms with Crippen LogP contribution in [-0.2, 0) is 20.7 Å². The molecule has 0 aliphatic carbocycles. The number of hydrogen-bond acceptors (Lipinski definition) is 4. The standard InChI is InChI=1S/C13H14FNO4/c1-2-18-13(17)12(14)19-9-4-5-10-8(7-9)3-6-11(16)15-10/h4-5,7,12H,2-3,6H2,1H3,(H,15,16). The molecule has 2 rings (SSSR count). The van der Waals surface area contributed by atoms with Crippen LogP contribution in [0.15, 0.2) is 18.2 Å². The summed E-state index contributed by atoms with van der Waals surface area (Å²) in [6.07, 6.45) is -1.20. The summed E-state index contributed by atoms with van der Waals surface area (Å²) in [5.41, 5.74) is 1.54. The first kappa shape index (κ1) is 13.3. The van der Waals surface area contributed by atoms with Crippen LogP contribution >= 0.6 is 0 Å². The number of fused-ring (bicyclic) bond motifs is 1. The van der Waals surface area contributed by atoms with Crippen LogP contribution in [0.2, 0.25) is 0 Å². The van der Waals surface area contributed by atoms with Gasteiger partial charge in [-0.1, -0.05) is 0 Å². The number of aryl methyl sites for hydroxylation is 1. The van der Waals surface area contributed by atoms with E-state index in [0.717, 1.165) is 5.56 Å². The Balaban J connectivity index is 2.06. The van der Waals surface area contributed by atoms with Crippen molar-refractivity contribution in [3.05, 3.63) is 23.8 Å². The summed E-state index contributed by atoms with van der Waals surface area (Å²) in [5.74, 6) is -0.861. The zero-order valence-electron chi connectivity index (χ0n) is 10.4. The molecule has 0 saturated heterocycles.